The molecule has 0 aliphatic carbocycles. The third kappa shape index (κ3) is 7.50. The highest BCUT2D eigenvalue weighted by molar-refractivity contribution is 7.07. The zero-order chi connectivity index (χ0) is 25.5. The molecule has 1 aromatic carbocycles. The maximum atomic E-state index is 13.3. The first kappa shape index (κ1) is 26.7. The van der Waals surface area contributed by atoms with Crippen molar-refractivity contribution in [1.82, 2.24) is 15.6 Å². The number of thiazole rings is 1. The van der Waals surface area contributed by atoms with E-state index in [4.69, 9.17) is 5.73 Å². The fourth-order valence-electron chi connectivity index (χ4n) is 2.59. The summed E-state index contributed by atoms with van der Waals surface area (Å²) in [6, 6.07) is 2.91. The van der Waals surface area contributed by atoms with Crippen LogP contribution in [0.5, 0.6) is 0 Å². The zero-order valence-corrected chi connectivity index (χ0v) is 18.2. The Bertz CT molecular complexity index is 1090. The van der Waals surface area contributed by atoms with Gasteiger partial charge < -0.3 is 21.5 Å². The number of hydrogen-bond acceptors (Lipinski definition) is 7. The van der Waals surface area contributed by atoms with Crippen molar-refractivity contribution < 1.29 is 36.2 Å². The van der Waals surface area contributed by atoms with Gasteiger partial charge in [0.2, 0.25) is 0 Å². The Morgan fingerprint density at radius 3 is 2.50 bits per heavy atom. The number of nitrogens with two attached hydrogens (primary N) is 1. The van der Waals surface area contributed by atoms with Gasteiger partial charge in [-0.1, -0.05) is 6.07 Å². The second kappa shape index (κ2) is 11.0. The van der Waals surface area contributed by atoms with Crippen molar-refractivity contribution in [3.63, 3.8) is 0 Å². The molecule has 0 fully saturated rings. The third-order valence-electron chi connectivity index (χ3n) is 4.23. The summed E-state index contributed by atoms with van der Waals surface area (Å²) in [6.07, 6.45) is -7.82. The fraction of sp³-hybridized carbons (Fsp3) is 0.250. The molecule has 2 aromatic rings. The first-order valence-electron chi connectivity index (χ1n) is 9.38. The average molecular weight is 506 g/mol. The van der Waals surface area contributed by atoms with Crippen LogP contribution in [-0.2, 0) is 17.4 Å². The van der Waals surface area contributed by atoms with Crippen molar-refractivity contribution in [3.8, 4) is 0 Å². The van der Waals surface area contributed by atoms with E-state index in [2.05, 4.69) is 15.3 Å². The van der Waals surface area contributed by atoms with Crippen LogP contribution >= 0.6 is 11.3 Å². The molecular formula is C20H18F6N5O2S-. The van der Waals surface area contributed by atoms with Gasteiger partial charge in [-0.05, 0) is 41.8 Å². The number of benzene rings is 1. The molecule has 7 nitrogen and oxygen atoms in total. The number of aliphatic imine (C=N–C) groups is 1. The Morgan fingerprint density at radius 2 is 1.94 bits per heavy atom. The Hall–Kier alpha value is -3.55. The normalized spacial score (nSPS) is 13.7. The van der Waals surface area contributed by atoms with E-state index in [0.29, 0.717) is 0 Å². The highest BCUT2D eigenvalue weighted by Gasteiger charge is 2.38. The Morgan fingerprint density at radius 1 is 1.24 bits per heavy atom. The van der Waals surface area contributed by atoms with E-state index in [0.717, 1.165) is 18.2 Å². The minimum absolute atomic E-state index is 0.00152. The van der Waals surface area contributed by atoms with Crippen LogP contribution in [0.3, 0.4) is 0 Å². The van der Waals surface area contributed by atoms with Crippen molar-refractivity contribution in [1.29, 1.82) is 0 Å². The van der Waals surface area contributed by atoms with Gasteiger partial charge in [0.05, 0.1) is 16.8 Å². The van der Waals surface area contributed by atoms with Crippen molar-refractivity contribution >= 4 is 28.8 Å². The number of nitrogens with one attached hydrogen (secondary N) is 2. The Labute approximate surface area is 193 Å². The van der Waals surface area contributed by atoms with E-state index < -0.39 is 42.7 Å². The molecule has 0 radical (unpaired) electrons. The van der Waals surface area contributed by atoms with Crippen molar-refractivity contribution in [2.45, 2.75) is 18.8 Å². The molecule has 0 aliphatic rings. The molecule has 34 heavy (non-hydrogen) atoms. The lowest BCUT2D eigenvalue weighted by Crippen LogP contribution is -2.37. The first-order valence-corrected chi connectivity index (χ1v) is 10.3. The molecule has 1 heterocycles. The molecule has 0 spiro atoms. The van der Waals surface area contributed by atoms with E-state index in [1.807, 2.05) is 0 Å². The minimum Gasteiger partial charge on any atom is -0.857 e. The van der Waals surface area contributed by atoms with Crippen molar-refractivity contribution in [2.24, 2.45) is 10.7 Å². The predicted molar refractivity (Wildman–Crippen MR) is 112 cm³/mol. The standard InChI is InChI=1S/C20H19F6N5O2S/c1-28-16(31-17(32)15-9-34-10-30-15)5-4-14(27)12-2-3-13(19(21,22)23)11(8-12)6-7-29-18(33)20(24,25)26/h2-5,8-10,28H,6-7,27H2,1H3,(H,29,33)(H,31,32)/p-1/b14-4-,16-5+. The van der Waals surface area contributed by atoms with Gasteiger partial charge in [-0.3, -0.25) is 4.79 Å². The van der Waals surface area contributed by atoms with E-state index >= 15 is 0 Å². The van der Waals surface area contributed by atoms with Crippen LogP contribution in [0.2, 0.25) is 0 Å². The molecule has 184 valence electrons. The summed E-state index contributed by atoms with van der Waals surface area (Å²) < 4.78 is 76.8. The number of carbonyl (C=O) groups is 1. The largest absolute Gasteiger partial charge is 0.857 e. The van der Waals surface area contributed by atoms with Gasteiger partial charge in [-0.25, -0.2) is 9.98 Å². The van der Waals surface area contributed by atoms with Crippen LogP contribution in [0.1, 0.15) is 22.4 Å². The number of rotatable bonds is 8. The highest BCUT2D eigenvalue weighted by atomic mass is 32.1. The molecule has 0 saturated heterocycles. The number of nitrogens with zero attached hydrogens (tertiary/aromatic N) is 2. The van der Waals surface area contributed by atoms with Gasteiger partial charge in [-0.15, -0.1) is 11.3 Å². The van der Waals surface area contributed by atoms with Crippen LogP contribution in [0.25, 0.3) is 5.70 Å². The summed E-state index contributed by atoms with van der Waals surface area (Å²) in [5, 5.41) is 17.7. The van der Waals surface area contributed by atoms with E-state index in [1.165, 1.54) is 46.7 Å². The van der Waals surface area contributed by atoms with Crippen molar-refractivity contribution in [2.75, 3.05) is 13.6 Å². The molecule has 0 aliphatic heterocycles. The lowest BCUT2D eigenvalue weighted by atomic mass is 9.99. The number of halogens is 6. The maximum absolute atomic E-state index is 13.3. The topological polar surface area (TPSA) is 115 Å². The molecule has 0 saturated carbocycles. The quantitative estimate of drug-likeness (QED) is 0.220. The first-order chi connectivity index (χ1) is 15.8. The monoisotopic (exact) mass is 506 g/mol. The maximum Gasteiger partial charge on any atom is 0.471 e. The lowest BCUT2D eigenvalue weighted by Gasteiger charge is -2.15. The summed E-state index contributed by atoms with van der Waals surface area (Å²) in [7, 11) is 1.49. The van der Waals surface area contributed by atoms with Crippen molar-refractivity contribution in [3.05, 3.63) is 69.4 Å². The molecule has 1 amide bonds. The SMILES string of the molecule is CNC(=C\C=C(/N)c1ccc(C(F)(F)F)c(CCNC(=O)C(F)(F)F)c1)/N=C(\[O-])c1cscn1. The smallest absolute Gasteiger partial charge is 0.471 e. The fourth-order valence-corrected chi connectivity index (χ4v) is 3.12. The number of aromatic nitrogens is 1. The van der Waals surface area contributed by atoms with Crippen LogP contribution < -0.4 is 21.5 Å². The van der Waals surface area contributed by atoms with Gasteiger partial charge in [0.1, 0.15) is 5.82 Å². The molecule has 1 aromatic heterocycles. The molecule has 0 atom stereocenters. The summed E-state index contributed by atoms with van der Waals surface area (Å²) in [5.41, 5.74) is 6.24. The van der Waals surface area contributed by atoms with Gasteiger partial charge in [0.25, 0.3) is 0 Å². The molecule has 0 bridgehead atoms. The number of carbonyl (C=O) groups excluding carboxylic acids is 1. The number of alkyl halides is 6. The number of allylic oxidation sites excluding steroid dienone is 2. The summed E-state index contributed by atoms with van der Waals surface area (Å²) >= 11 is 1.21. The Kier molecular flexibility index (Phi) is 8.68. The van der Waals surface area contributed by atoms with Gasteiger partial charge in [0, 0.05) is 30.6 Å². The number of hydrogen-bond donors (Lipinski definition) is 3. The Balaban J connectivity index is 2.28. The summed E-state index contributed by atoms with van der Waals surface area (Å²) in [5.74, 6) is -2.77. The van der Waals surface area contributed by atoms with E-state index in [9.17, 15) is 36.2 Å². The molecule has 0 unspecified atom stereocenters. The van der Waals surface area contributed by atoms with Crippen LogP contribution in [-0.4, -0.2) is 36.6 Å². The van der Waals surface area contributed by atoms with Gasteiger partial charge in [-0.2, -0.15) is 26.3 Å². The number of amides is 1. The second-order valence-corrected chi connectivity index (χ2v) is 7.31. The van der Waals surface area contributed by atoms with Gasteiger partial charge in [0.15, 0.2) is 0 Å². The van der Waals surface area contributed by atoms with Gasteiger partial charge >= 0.3 is 18.3 Å². The van der Waals surface area contributed by atoms with Crippen LogP contribution in [0.15, 0.2) is 52.1 Å². The zero-order valence-electron chi connectivity index (χ0n) is 17.4. The van der Waals surface area contributed by atoms with E-state index in [1.54, 1.807) is 0 Å². The lowest BCUT2D eigenvalue weighted by molar-refractivity contribution is -0.213. The second-order valence-electron chi connectivity index (χ2n) is 6.59. The molecule has 14 heteroatoms. The predicted octanol–water partition coefficient (Wildman–Crippen LogP) is 2.55. The average Bonchev–Trinajstić information content (AvgIpc) is 3.29. The third-order valence-corrected chi connectivity index (χ3v) is 4.82. The highest BCUT2D eigenvalue weighted by Crippen LogP contribution is 2.33. The molecule has 2 rings (SSSR count). The van der Waals surface area contributed by atoms with E-state index in [-0.39, 0.29) is 28.3 Å². The van der Waals surface area contributed by atoms with Crippen LogP contribution in [0.4, 0.5) is 26.3 Å². The summed E-state index contributed by atoms with van der Waals surface area (Å²) in [4.78, 5) is 18.6. The summed E-state index contributed by atoms with van der Waals surface area (Å²) in [6.45, 7) is -0.671. The van der Waals surface area contributed by atoms with Crippen LogP contribution in [0, 0.1) is 0 Å². The molecular weight excluding hydrogens is 488 g/mol. The molecule has 4 N–H and O–H groups in total. The minimum atomic E-state index is -5.15.